The van der Waals surface area contributed by atoms with E-state index < -0.39 is 17.6 Å². The van der Waals surface area contributed by atoms with Gasteiger partial charge in [-0.1, -0.05) is 30.3 Å². The lowest BCUT2D eigenvalue weighted by Gasteiger charge is -2.08. The molecule has 0 heterocycles. The minimum atomic E-state index is -4.42. The summed E-state index contributed by atoms with van der Waals surface area (Å²) >= 11 is 0. The van der Waals surface area contributed by atoms with Crippen LogP contribution in [0.1, 0.15) is 5.56 Å². The van der Waals surface area contributed by atoms with Gasteiger partial charge in [0.15, 0.2) is 5.36 Å². The summed E-state index contributed by atoms with van der Waals surface area (Å²) in [7, 11) is 0. The van der Waals surface area contributed by atoms with Crippen molar-refractivity contribution in [2.24, 2.45) is 10.1 Å². The minimum Gasteiger partial charge on any atom is -0.207 e. The van der Waals surface area contributed by atoms with Crippen LogP contribution in [0.5, 0.6) is 0 Å². The Hall–Kier alpha value is -5.08. The lowest BCUT2D eigenvalue weighted by atomic mass is 10.0. The van der Waals surface area contributed by atoms with Crippen molar-refractivity contribution in [2.75, 3.05) is 0 Å². The summed E-state index contributed by atoms with van der Waals surface area (Å²) in [5.41, 5.74) is 0.540. The van der Waals surface area contributed by atoms with Crippen molar-refractivity contribution in [3.8, 4) is 17.3 Å². The molecule has 37 heavy (non-hydrogen) atoms. The molecular formula is C29H12F4N4. The maximum Gasteiger partial charge on any atom is 0.416 e. The molecule has 6 rings (SSSR count). The molecule has 0 unspecified atom stereocenters. The summed E-state index contributed by atoms with van der Waals surface area (Å²) in [6.45, 7) is 7.36. The number of rotatable bonds is 1. The molecule has 0 aliphatic carbocycles. The summed E-state index contributed by atoms with van der Waals surface area (Å²) in [6, 6.07) is 18.4. The second-order valence-electron chi connectivity index (χ2n) is 8.58. The van der Waals surface area contributed by atoms with Crippen LogP contribution < -0.4 is 10.7 Å². The standard InChI is InChI=1S/C29H12F4N4/c1-35-37-28-23-10-16(15-2-5-17(6-3-15)29(31,32)33)4-8-19(23)22-12-25-21(13-26(22)28)20-9-7-18(30)11-24(20)27(25)36-14-34/h2-13H. The van der Waals surface area contributed by atoms with Crippen molar-refractivity contribution in [1.29, 1.82) is 5.26 Å². The topological polar surface area (TPSA) is 52.9 Å². The molecule has 4 nitrogen and oxygen atoms in total. The van der Waals surface area contributed by atoms with E-state index >= 15 is 0 Å². The Morgan fingerprint density at radius 3 is 1.86 bits per heavy atom. The van der Waals surface area contributed by atoms with Crippen LogP contribution in [0.4, 0.5) is 17.6 Å². The molecule has 0 spiro atoms. The molecule has 0 saturated carbocycles. The monoisotopic (exact) mass is 492 g/mol. The van der Waals surface area contributed by atoms with Crippen LogP contribution in [-0.2, 0) is 6.18 Å². The summed E-state index contributed by atoms with van der Waals surface area (Å²) in [6.07, 6.45) is -2.63. The third-order valence-corrected chi connectivity index (χ3v) is 6.62. The van der Waals surface area contributed by atoms with Crippen LogP contribution in [0.25, 0.3) is 59.2 Å². The number of hydrogen-bond donors (Lipinski definition) is 0. The molecule has 0 fully saturated rings. The molecule has 0 N–H and O–H groups in total. The van der Waals surface area contributed by atoms with Crippen molar-refractivity contribution >= 4 is 43.1 Å². The van der Waals surface area contributed by atoms with Gasteiger partial charge in [-0.05, 0) is 75.1 Å². The van der Waals surface area contributed by atoms with E-state index in [2.05, 4.69) is 15.0 Å². The molecule has 0 atom stereocenters. The molecule has 0 saturated heterocycles. The number of hydrogen-bond acceptors (Lipinski definition) is 3. The first kappa shape index (κ1) is 22.4. The van der Waals surface area contributed by atoms with Crippen molar-refractivity contribution in [3.05, 3.63) is 106 Å². The zero-order valence-corrected chi connectivity index (χ0v) is 18.7. The quantitative estimate of drug-likeness (QED) is 0.104. The smallest absolute Gasteiger partial charge is 0.207 e. The van der Waals surface area contributed by atoms with Gasteiger partial charge < -0.3 is 0 Å². The van der Waals surface area contributed by atoms with Crippen LogP contribution in [0.3, 0.4) is 0 Å². The molecule has 0 aliphatic rings. The van der Waals surface area contributed by atoms with Crippen LogP contribution >= 0.6 is 0 Å². The van der Waals surface area contributed by atoms with E-state index in [1.807, 2.05) is 18.2 Å². The first-order valence-electron chi connectivity index (χ1n) is 11.0. The number of nitriles is 1. The van der Waals surface area contributed by atoms with Crippen LogP contribution in [-0.4, -0.2) is 0 Å². The third-order valence-electron chi connectivity index (χ3n) is 6.62. The molecule has 0 aromatic heterocycles. The van der Waals surface area contributed by atoms with E-state index in [1.54, 1.807) is 24.4 Å². The predicted octanol–water partition coefficient (Wildman–Crippen LogP) is 7.12. The zero-order chi connectivity index (χ0) is 25.9. The Kier molecular flexibility index (Phi) is 4.82. The second kappa shape index (κ2) is 7.97. The van der Waals surface area contributed by atoms with Crippen molar-refractivity contribution in [3.63, 3.8) is 0 Å². The number of halogens is 4. The average molecular weight is 492 g/mol. The molecule has 176 valence electrons. The first-order chi connectivity index (χ1) is 17.8. The highest BCUT2D eigenvalue weighted by Gasteiger charge is 2.30. The Balaban J connectivity index is 1.67. The predicted molar refractivity (Wildman–Crippen MR) is 133 cm³/mol. The zero-order valence-electron chi connectivity index (χ0n) is 18.7. The Bertz CT molecular complexity index is 2100. The van der Waals surface area contributed by atoms with E-state index in [4.69, 9.17) is 6.57 Å². The summed E-state index contributed by atoms with van der Waals surface area (Å²) in [4.78, 5) is 7.21. The van der Waals surface area contributed by atoms with Gasteiger partial charge in [-0.15, -0.1) is 4.95 Å². The summed E-state index contributed by atoms with van der Waals surface area (Å²) in [5.74, 6) is -0.443. The van der Waals surface area contributed by atoms with Crippen LogP contribution in [0, 0.1) is 23.8 Å². The normalized spacial score (nSPS) is 13.1. The van der Waals surface area contributed by atoms with Crippen molar-refractivity contribution in [2.45, 2.75) is 6.18 Å². The van der Waals surface area contributed by atoms with Gasteiger partial charge in [0.05, 0.1) is 16.0 Å². The van der Waals surface area contributed by atoms with E-state index in [0.717, 1.165) is 33.7 Å². The van der Waals surface area contributed by atoms with Gasteiger partial charge in [-0.3, -0.25) is 0 Å². The van der Waals surface area contributed by atoms with Crippen molar-refractivity contribution in [1.82, 2.24) is 0 Å². The number of alkyl halides is 3. The maximum atomic E-state index is 14.0. The van der Waals surface area contributed by atoms with Crippen LogP contribution in [0.2, 0.25) is 0 Å². The van der Waals surface area contributed by atoms with Gasteiger partial charge in [0.2, 0.25) is 6.19 Å². The van der Waals surface area contributed by atoms with E-state index in [-0.39, 0.29) is 0 Å². The highest BCUT2D eigenvalue weighted by Crippen LogP contribution is 2.35. The number of nitrogens with zero attached hydrogens (tertiary/aromatic N) is 4. The van der Waals surface area contributed by atoms with E-state index in [1.165, 1.54) is 24.3 Å². The highest BCUT2D eigenvalue weighted by molar-refractivity contribution is 6.21. The van der Waals surface area contributed by atoms with Gasteiger partial charge in [0.1, 0.15) is 5.82 Å². The van der Waals surface area contributed by atoms with Gasteiger partial charge in [-0.2, -0.15) is 30.0 Å². The summed E-state index contributed by atoms with van der Waals surface area (Å²) in [5, 5.41) is 19.7. The number of benzene rings is 4. The van der Waals surface area contributed by atoms with E-state index in [9.17, 15) is 22.8 Å². The Morgan fingerprint density at radius 1 is 0.676 bits per heavy atom. The van der Waals surface area contributed by atoms with Crippen LogP contribution in [0.15, 0.2) is 82.9 Å². The molecule has 8 heteroatoms. The highest BCUT2D eigenvalue weighted by atomic mass is 19.4. The average Bonchev–Trinajstić information content (AvgIpc) is 3.34. The Morgan fingerprint density at radius 2 is 1.24 bits per heavy atom. The maximum absolute atomic E-state index is 14.0. The molecule has 6 aromatic carbocycles. The number of fused-ring (bicyclic) bond motifs is 6. The molecule has 0 radical (unpaired) electrons. The molecule has 0 bridgehead atoms. The molecular weight excluding hydrogens is 480 g/mol. The summed E-state index contributed by atoms with van der Waals surface area (Å²) < 4.78 is 53.0. The third kappa shape index (κ3) is 3.42. The van der Waals surface area contributed by atoms with Crippen molar-refractivity contribution < 1.29 is 17.6 Å². The molecule has 6 aromatic rings. The minimum absolute atomic E-state index is 0.369. The van der Waals surface area contributed by atoms with Gasteiger partial charge in [-0.25, -0.2) is 4.39 Å². The lowest BCUT2D eigenvalue weighted by molar-refractivity contribution is -0.137. The fraction of sp³-hybridized carbons (Fsp3) is 0.0345. The fourth-order valence-corrected chi connectivity index (χ4v) is 5.01. The van der Waals surface area contributed by atoms with Gasteiger partial charge in [0.25, 0.3) is 0 Å². The lowest BCUT2D eigenvalue weighted by Crippen LogP contribution is -2.04. The largest absolute Gasteiger partial charge is 0.416 e. The molecule has 0 amide bonds. The fourth-order valence-electron chi connectivity index (χ4n) is 5.01. The second-order valence-corrected chi connectivity index (χ2v) is 8.58. The molecule has 0 aliphatic heterocycles. The Labute approximate surface area is 206 Å². The van der Waals surface area contributed by atoms with Gasteiger partial charge >= 0.3 is 6.18 Å². The SMILES string of the molecule is [C-]#[N+]N=c1c2cc(-c3ccc(C(F)(F)F)cc3)ccc2c2cc3c(=NC#N)c4cc(F)ccc4c3cc12. The van der Waals surface area contributed by atoms with Gasteiger partial charge in [0, 0.05) is 21.5 Å². The van der Waals surface area contributed by atoms with E-state index in [0.29, 0.717) is 43.4 Å². The first-order valence-corrected chi connectivity index (χ1v) is 11.0.